The van der Waals surface area contributed by atoms with E-state index in [1.807, 2.05) is 31.2 Å². The molecule has 9 heteroatoms. The minimum atomic E-state index is -1.02. The molecule has 0 aliphatic carbocycles. The van der Waals surface area contributed by atoms with Crippen molar-refractivity contribution in [1.82, 2.24) is 4.98 Å². The molecule has 202 valence electrons. The van der Waals surface area contributed by atoms with Crippen LogP contribution in [0.4, 0.5) is 5.13 Å². The van der Waals surface area contributed by atoms with Gasteiger partial charge in [0.25, 0.3) is 5.78 Å². The standard InChI is InChI=1S/C31H26N2O6S/c1-17-5-4-6-20(15-17)16-39-24-13-9-22(10-14-24)27(36)25-26(21-7-11-23(35)12-8-21)33(30(38)28(25)37)31-32-18(2)29(40-31)19(3)34/h4-15,26,35-36H,16H2,1-3H3. The van der Waals surface area contributed by atoms with Gasteiger partial charge in [0.2, 0.25) is 0 Å². The molecule has 5 rings (SSSR count). The van der Waals surface area contributed by atoms with Gasteiger partial charge in [-0.15, -0.1) is 0 Å². The van der Waals surface area contributed by atoms with Crippen molar-refractivity contribution in [3.8, 4) is 11.5 Å². The molecular formula is C31H26N2O6S. The van der Waals surface area contributed by atoms with Crippen LogP contribution in [-0.4, -0.2) is 32.7 Å². The summed E-state index contributed by atoms with van der Waals surface area (Å²) in [5.74, 6) is -1.74. The molecule has 1 saturated heterocycles. The number of aliphatic hydroxyl groups excluding tert-OH is 1. The SMILES string of the molecule is CC(=O)c1sc(N2C(=O)C(=O)C(=C(O)c3ccc(OCc4cccc(C)c4)cc3)C2c2ccc(O)cc2)nc1C. The third-order valence-electron chi connectivity index (χ3n) is 6.58. The number of amides is 1. The minimum absolute atomic E-state index is 0.00547. The van der Waals surface area contributed by atoms with Crippen LogP contribution in [0.5, 0.6) is 11.5 Å². The average molecular weight is 555 g/mol. The Bertz CT molecular complexity index is 1650. The van der Waals surface area contributed by atoms with E-state index in [1.54, 1.807) is 43.3 Å². The van der Waals surface area contributed by atoms with Gasteiger partial charge in [0.15, 0.2) is 10.9 Å². The Morgan fingerprint density at radius 3 is 2.35 bits per heavy atom. The monoisotopic (exact) mass is 554 g/mol. The number of carbonyl (C=O) groups excluding carboxylic acids is 3. The van der Waals surface area contributed by atoms with Gasteiger partial charge < -0.3 is 14.9 Å². The predicted octanol–water partition coefficient (Wildman–Crippen LogP) is 5.87. The molecule has 1 atom stereocenters. The molecule has 1 aliphatic heterocycles. The molecule has 2 N–H and O–H groups in total. The van der Waals surface area contributed by atoms with Gasteiger partial charge in [-0.05, 0) is 61.4 Å². The number of ketones is 2. The second kappa shape index (κ2) is 10.8. The van der Waals surface area contributed by atoms with Crippen molar-refractivity contribution in [1.29, 1.82) is 0 Å². The first-order valence-corrected chi connectivity index (χ1v) is 13.3. The van der Waals surface area contributed by atoms with Crippen LogP contribution in [0.3, 0.4) is 0 Å². The first kappa shape index (κ1) is 26.8. The molecule has 0 spiro atoms. The van der Waals surface area contributed by atoms with E-state index in [9.17, 15) is 24.6 Å². The van der Waals surface area contributed by atoms with Gasteiger partial charge >= 0.3 is 5.91 Å². The van der Waals surface area contributed by atoms with Crippen molar-refractivity contribution in [2.24, 2.45) is 0 Å². The number of aromatic nitrogens is 1. The lowest BCUT2D eigenvalue weighted by Gasteiger charge is -2.23. The third-order valence-corrected chi connectivity index (χ3v) is 7.84. The van der Waals surface area contributed by atoms with Crippen LogP contribution in [0.15, 0.2) is 78.4 Å². The van der Waals surface area contributed by atoms with Crippen LogP contribution in [0, 0.1) is 13.8 Å². The van der Waals surface area contributed by atoms with E-state index in [-0.39, 0.29) is 28.0 Å². The van der Waals surface area contributed by atoms with E-state index in [4.69, 9.17) is 4.74 Å². The summed E-state index contributed by atoms with van der Waals surface area (Å²) in [6.07, 6.45) is 0. The first-order valence-electron chi connectivity index (χ1n) is 12.5. The molecule has 4 aromatic rings. The molecule has 0 bridgehead atoms. The maximum absolute atomic E-state index is 13.4. The van der Waals surface area contributed by atoms with Crippen LogP contribution < -0.4 is 9.64 Å². The van der Waals surface area contributed by atoms with Crippen molar-refractivity contribution in [2.75, 3.05) is 4.90 Å². The van der Waals surface area contributed by atoms with Gasteiger partial charge in [-0.3, -0.25) is 19.3 Å². The molecule has 1 aliphatic rings. The first-order chi connectivity index (χ1) is 19.1. The molecular weight excluding hydrogens is 528 g/mol. The number of ether oxygens (including phenoxy) is 1. The Hall–Kier alpha value is -4.76. The molecule has 1 amide bonds. The van der Waals surface area contributed by atoms with Gasteiger partial charge in [0, 0.05) is 12.5 Å². The number of rotatable bonds is 7. The number of phenolic OH excluding ortho intramolecular Hbond substituents is 1. The molecule has 1 aromatic heterocycles. The van der Waals surface area contributed by atoms with E-state index in [0.717, 1.165) is 22.5 Å². The van der Waals surface area contributed by atoms with Crippen LogP contribution in [0.1, 0.15) is 50.6 Å². The maximum atomic E-state index is 13.4. The smallest absolute Gasteiger partial charge is 0.301 e. The van der Waals surface area contributed by atoms with E-state index in [0.29, 0.717) is 34.1 Å². The molecule has 2 heterocycles. The minimum Gasteiger partial charge on any atom is -0.508 e. The number of thiazole rings is 1. The highest BCUT2D eigenvalue weighted by Gasteiger charge is 2.48. The zero-order valence-corrected chi connectivity index (χ0v) is 22.9. The largest absolute Gasteiger partial charge is 0.508 e. The lowest BCUT2D eigenvalue weighted by molar-refractivity contribution is -0.132. The number of phenols is 1. The molecule has 8 nitrogen and oxygen atoms in total. The second-order valence-electron chi connectivity index (χ2n) is 9.53. The average Bonchev–Trinajstić information content (AvgIpc) is 3.44. The zero-order valence-electron chi connectivity index (χ0n) is 22.0. The fraction of sp³-hybridized carbons (Fsp3) is 0.161. The summed E-state index contributed by atoms with van der Waals surface area (Å²) in [4.78, 5) is 44.7. The Balaban J connectivity index is 1.52. The molecule has 0 radical (unpaired) electrons. The van der Waals surface area contributed by atoms with Gasteiger partial charge in [-0.1, -0.05) is 53.3 Å². The molecule has 0 saturated carbocycles. The Kier molecular flexibility index (Phi) is 7.23. The van der Waals surface area contributed by atoms with Crippen molar-refractivity contribution in [3.05, 3.63) is 111 Å². The van der Waals surface area contributed by atoms with Crippen LogP contribution in [0.2, 0.25) is 0 Å². The zero-order chi connectivity index (χ0) is 28.6. The summed E-state index contributed by atoms with van der Waals surface area (Å²) >= 11 is 1.01. The number of hydrogen-bond acceptors (Lipinski definition) is 8. The number of aryl methyl sites for hydroxylation is 2. The fourth-order valence-corrected chi connectivity index (χ4v) is 5.64. The van der Waals surface area contributed by atoms with Crippen molar-refractivity contribution in [2.45, 2.75) is 33.4 Å². The Morgan fingerprint density at radius 1 is 1.02 bits per heavy atom. The Labute approximate surface area is 234 Å². The van der Waals surface area contributed by atoms with Gasteiger partial charge in [0.1, 0.15) is 23.9 Å². The number of aromatic hydroxyl groups is 1. The lowest BCUT2D eigenvalue weighted by Crippen LogP contribution is -2.29. The molecule has 40 heavy (non-hydrogen) atoms. The number of Topliss-reactive ketones (excluding diaryl/α,β-unsaturated/α-hetero) is 2. The molecule has 3 aromatic carbocycles. The highest BCUT2D eigenvalue weighted by molar-refractivity contribution is 7.18. The molecule has 1 fully saturated rings. The van der Waals surface area contributed by atoms with Crippen LogP contribution in [-0.2, 0) is 16.2 Å². The Morgan fingerprint density at radius 2 is 1.73 bits per heavy atom. The van der Waals surface area contributed by atoms with Crippen LogP contribution in [0.25, 0.3) is 5.76 Å². The number of benzene rings is 3. The van der Waals surface area contributed by atoms with E-state index < -0.39 is 17.7 Å². The van der Waals surface area contributed by atoms with Gasteiger partial charge in [0.05, 0.1) is 22.2 Å². The van der Waals surface area contributed by atoms with E-state index in [1.165, 1.54) is 24.0 Å². The normalized spacial score (nSPS) is 16.4. The van der Waals surface area contributed by atoms with Crippen molar-refractivity contribution in [3.63, 3.8) is 0 Å². The summed E-state index contributed by atoms with van der Waals surface area (Å²) in [6, 6.07) is 19.5. The maximum Gasteiger partial charge on any atom is 0.301 e. The lowest BCUT2D eigenvalue weighted by atomic mass is 9.95. The fourth-order valence-electron chi connectivity index (χ4n) is 4.65. The summed E-state index contributed by atoms with van der Waals surface area (Å²) in [5, 5.41) is 21.4. The summed E-state index contributed by atoms with van der Waals surface area (Å²) in [6.45, 7) is 5.44. The van der Waals surface area contributed by atoms with E-state index in [2.05, 4.69) is 4.98 Å². The van der Waals surface area contributed by atoms with Gasteiger partial charge in [-0.25, -0.2) is 4.98 Å². The van der Waals surface area contributed by atoms with Crippen molar-refractivity contribution < 1.29 is 29.3 Å². The number of anilines is 1. The highest BCUT2D eigenvalue weighted by atomic mass is 32.1. The summed E-state index contributed by atoms with van der Waals surface area (Å²) in [7, 11) is 0. The van der Waals surface area contributed by atoms with Crippen molar-refractivity contribution >= 4 is 39.7 Å². The second-order valence-corrected chi connectivity index (χ2v) is 10.5. The van der Waals surface area contributed by atoms with Crippen LogP contribution >= 0.6 is 11.3 Å². The highest BCUT2D eigenvalue weighted by Crippen LogP contribution is 2.44. The quantitative estimate of drug-likeness (QED) is 0.127. The summed E-state index contributed by atoms with van der Waals surface area (Å²) in [5.41, 5.74) is 3.28. The van der Waals surface area contributed by atoms with E-state index >= 15 is 0 Å². The number of aliphatic hydroxyl groups is 1. The number of carbonyl (C=O) groups is 3. The topological polar surface area (TPSA) is 117 Å². The number of hydrogen-bond donors (Lipinski definition) is 2. The predicted molar refractivity (Wildman–Crippen MR) is 152 cm³/mol. The molecule has 1 unspecified atom stereocenters. The number of nitrogens with zero attached hydrogens (tertiary/aromatic N) is 2. The summed E-state index contributed by atoms with van der Waals surface area (Å²) < 4.78 is 5.87. The third kappa shape index (κ3) is 5.11. The van der Waals surface area contributed by atoms with Gasteiger partial charge in [-0.2, -0.15) is 0 Å².